The van der Waals surface area contributed by atoms with Crippen molar-refractivity contribution in [2.45, 2.75) is 19.0 Å². The van der Waals surface area contributed by atoms with E-state index in [1.807, 2.05) is 36.4 Å². The minimum atomic E-state index is -0.775. The molecule has 1 unspecified atom stereocenters. The quantitative estimate of drug-likeness (QED) is 0.695. The third-order valence-corrected chi connectivity index (χ3v) is 3.97. The molecule has 0 heterocycles. The number of amides is 2. The van der Waals surface area contributed by atoms with Crippen LogP contribution >= 0.6 is 0 Å². The molecule has 27 heavy (non-hydrogen) atoms. The SMILES string of the molecule is COC(=O)C(Cc1ccccc1)NC(=O)NCc1ccc(OC)c(OC)c1. The number of nitrogens with one attached hydrogen (secondary N) is 2. The molecule has 0 aliphatic rings. The summed E-state index contributed by atoms with van der Waals surface area (Å²) in [5, 5.41) is 5.39. The van der Waals surface area contributed by atoms with Crippen molar-refractivity contribution in [3.8, 4) is 11.5 Å². The van der Waals surface area contributed by atoms with Crippen molar-refractivity contribution in [3.63, 3.8) is 0 Å². The zero-order valence-electron chi connectivity index (χ0n) is 15.7. The molecular weight excluding hydrogens is 348 g/mol. The van der Waals surface area contributed by atoms with Gasteiger partial charge in [0.05, 0.1) is 21.3 Å². The first-order valence-corrected chi connectivity index (χ1v) is 8.44. The van der Waals surface area contributed by atoms with Gasteiger partial charge in [0.15, 0.2) is 11.5 Å². The van der Waals surface area contributed by atoms with Gasteiger partial charge in [-0.15, -0.1) is 0 Å². The van der Waals surface area contributed by atoms with Gasteiger partial charge in [0.1, 0.15) is 6.04 Å². The topological polar surface area (TPSA) is 85.9 Å². The molecule has 144 valence electrons. The lowest BCUT2D eigenvalue weighted by Crippen LogP contribution is -2.47. The predicted molar refractivity (Wildman–Crippen MR) is 101 cm³/mol. The Morgan fingerprint density at radius 1 is 0.926 bits per heavy atom. The van der Waals surface area contributed by atoms with Crippen LogP contribution in [0.4, 0.5) is 4.79 Å². The minimum absolute atomic E-state index is 0.269. The highest BCUT2D eigenvalue weighted by molar-refractivity contribution is 5.83. The number of carbonyl (C=O) groups excluding carboxylic acids is 2. The Balaban J connectivity index is 1.96. The molecule has 2 amide bonds. The monoisotopic (exact) mass is 372 g/mol. The van der Waals surface area contributed by atoms with Crippen molar-refractivity contribution < 1.29 is 23.8 Å². The van der Waals surface area contributed by atoms with Gasteiger partial charge in [-0.2, -0.15) is 0 Å². The van der Waals surface area contributed by atoms with Crippen molar-refractivity contribution in [1.82, 2.24) is 10.6 Å². The van der Waals surface area contributed by atoms with Gasteiger partial charge in [-0.05, 0) is 23.3 Å². The summed E-state index contributed by atoms with van der Waals surface area (Å²) in [4.78, 5) is 24.2. The van der Waals surface area contributed by atoms with Crippen LogP contribution in [0.2, 0.25) is 0 Å². The van der Waals surface area contributed by atoms with Crippen LogP contribution in [0, 0.1) is 0 Å². The molecule has 0 aliphatic carbocycles. The van der Waals surface area contributed by atoms with E-state index >= 15 is 0 Å². The summed E-state index contributed by atoms with van der Waals surface area (Å²) in [6, 6.07) is 13.5. The molecule has 2 rings (SSSR count). The van der Waals surface area contributed by atoms with Crippen LogP contribution in [0.5, 0.6) is 11.5 Å². The summed E-state index contributed by atoms with van der Waals surface area (Å²) in [5.74, 6) is 0.688. The fourth-order valence-electron chi connectivity index (χ4n) is 2.57. The van der Waals surface area contributed by atoms with Crippen LogP contribution in [-0.2, 0) is 22.5 Å². The van der Waals surface area contributed by atoms with Crippen molar-refractivity contribution in [1.29, 1.82) is 0 Å². The van der Waals surface area contributed by atoms with Gasteiger partial charge in [0.25, 0.3) is 0 Å². The lowest BCUT2D eigenvalue weighted by molar-refractivity contribution is -0.142. The highest BCUT2D eigenvalue weighted by Crippen LogP contribution is 2.27. The van der Waals surface area contributed by atoms with E-state index in [2.05, 4.69) is 10.6 Å². The molecule has 0 fully saturated rings. The summed E-state index contributed by atoms with van der Waals surface area (Å²) in [6.07, 6.45) is 0.345. The third-order valence-electron chi connectivity index (χ3n) is 3.97. The Labute approximate surface area is 158 Å². The number of hydrogen-bond donors (Lipinski definition) is 2. The van der Waals surface area contributed by atoms with E-state index in [-0.39, 0.29) is 6.54 Å². The number of esters is 1. The smallest absolute Gasteiger partial charge is 0.328 e. The summed E-state index contributed by atoms with van der Waals surface area (Å²) in [7, 11) is 4.40. The van der Waals surface area contributed by atoms with E-state index in [9.17, 15) is 9.59 Å². The number of carbonyl (C=O) groups is 2. The summed E-state index contributed by atoms with van der Waals surface area (Å²) < 4.78 is 15.2. The molecular formula is C20H24N2O5. The predicted octanol–water partition coefficient (Wildman–Crippen LogP) is 2.29. The molecule has 0 bridgehead atoms. The van der Waals surface area contributed by atoms with Gasteiger partial charge < -0.3 is 24.8 Å². The Kier molecular flexibility index (Phi) is 7.49. The fraction of sp³-hybridized carbons (Fsp3) is 0.300. The highest BCUT2D eigenvalue weighted by Gasteiger charge is 2.21. The van der Waals surface area contributed by atoms with Crippen molar-refractivity contribution in [2.24, 2.45) is 0 Å². The molecule has 0 aromatic heterocycles. The Morgan fingerprint density at radius 2 is 1.63 bits per heavy atom. The van der Waals surface area contributed by atoms with E-state index in [0.29, 0.717) is 17.9 Å². The second-order valence-electron chi connectivity index (χ2n) is 5.78. The first-order valence-electron chi connectivity index (χ1n) is 8.44. The average Bonchev–Trinajstić information content (AvgIpc) is 2.71. The average molecular weight is 372 g/mol. The Bertz CT molecular complexity index is 764. The molecule has 2 aromatic rings. The van der Waals surface area contributed by atoms with Crippen molar-refractivity contribution in [2.75, 3.05) is 21.3 Å². The first-order chi connectivity index (χ1) is 13.1. The largest absolute Gasteiger partial charge is 0.493 e. The highest BCUT2D eigenvalue weighted by atomic mass is 16.5. The minimum Gasteiger partial charge on any atom is -0.493 e. The van der Waals surface area contributed by atoms with Gasteiger partial charge in [0, 0.05) is 13.0 Å². The zero-order valence-corrected chi connectivity index (χ0v) is 15.7. The third kappa shape index (κ3) is 5.91. The summed E-state index contributed by atoms with van der Waals surface area (Å²) in [5.41, 5.74) is 1.76. The Hall–Kier alpha value is -3.22. The molecule has 0 saturated carbocycles. The summed E-state index contributed by atoms with van der Waals surface area (Å²) >= 11 is 0. The van der Waals surface area contributed by atoms with E-state index in [4.69, 9.17) is 14.2 Å². The normalized spacial score (nSPS) is 11.2. The van der Waals surface area contributed by atoms with Gasteiger partial charge in [-0.3, -0.25) is 0 Å². The van der Waals surface area contributed by atoms with E-state index in [1.165, 1.54) is 7.11 Å². The van der Waals surface area contributed by atoms with E-state index in [0.717, 1.165) is 11.1 Å². The molecule has 7 heteroatoms. The standard InChI is InChI=1S/C20H24N2O5/c1-25-17-10-9-15(12-18(17)26-2)13-21-20(24)22-16(19(23)27-3)11-14-7-5-4-6-8-14/h4-10,12,16H,11,13H2,1-3H3,(H2,21,22,24). The van der Waals surface area contributed by atoms with E-state index in [1.54, 1.807) is 26.4 Å². The van der Waals surface area contributed by atoms with Crippen LogP contribution in [0.25, 0.3) is 0 Å². The van der Waals surface area contributed by atoms with Crippen molar-refractivity contribution >= 4 is 12.0 Å². The molecule has 2 aromatic carbocycles. The molecule has 0 saturated heterocycles. The molecule has 7 nitrogen and oxygen atoms in total. The van der Waals surface area contributed by atoms with Crippen molar-refractivity contribution in [3.05, 3.63) is 59.7 Å². The lowest BCUT2D eigenvalue weighted by atomic mass is 10.1. The maximum absolute atomic E-state index is 12.2. The Morgan fingerprint density at radius 3 is 2.26 bits per heavy atom. The fourth-order valence-corrected chi connectivity index (χ4v) is 2.57. The van der Waals surface area contributed by atoms with Crippen LogP contribution in [-0.4, -0.2) is 39.4 Å². The molecule has 0 spiro atoms. The molecule has 1 atom stereocenters. The summed E-state index contributed by atoms with van der Waals surface area (Å²) in [6.45, 7) is 0.269. The van der Waals surface area contributed by atoms with Gasteiger partial charge in [-0.25, -0.2) is 9.59 Å². The second kappa shape index (κ2) is 10.1. The molecule has 2 N–H and O–H groups in total. The van der Waals surface area contributed by atoms with Gasteiger partial charge in [-0.1, -0.05) is 36.4 Å². The number of hydrogen-bond acceptors (Lipinski definition) is 5. The number of benzene rings is 2. The molecule has 0 radical (unpaired) electrons. The van der Waals surface area contributed by atoms with Crippen LogP contribution in [0.1, 0.15) is 11.1 Å². The van der Waals surface area contributed by atoms with E-state index < -0.39 is 18.0 Å². The lowest BCUT2D eigenvalue weighted by Gasteiger charge is -2.17. The number of methoxy groups -OCH3 is 3. The van der Waals surface area contributed by atoms with Crippen LogP contribution < -0.4 is 20.1 Å². The number of ether oxygens (including phenoxy) is 3. The number of rotatable bonds is 8. The van der Waals surface area contributed by atoms with Crippen LogP contribution in [0.15, 0.2) is 48.5 Å². The maximum atomic E-state index is 12.2. The van der Waals surface area contributed by atoms with Gasteiger partial charge >= 0.3 is 12.0 Å². The second-order valence-corrected chi connectivity index (χ2v) is 5.78. The number of urea groups is 1. The first kappa shape index (κ1) is 20.1. The van der Waals surface area contributed by atoms with Crippen LogP contribution in [0.3, 0.4) is 0 Å². The van der Waals surface area contributed by atoms with Gasteiger partial charge in [0.2, 0.25) is 0 Å². The molecule has 0 aliphatic heterocycles. The zero-order chi connectivity index (χ0) is 19.6. The maximum Gasteiger partial charge on any atom is 0.328 e.